The van der Waals surface area contributed by atoms with Gasteiger partial charge in [-0.15, -0.1) is 0 Å². The molecule has 4 heteroatoms. The van der Waals surface area contributed by atoms with Crippen LogP contribution < -0.4 is 10.2 Å². The highest BCUT2D eigenvalue weighted by Gasteiger charge is 2.23. The van der Waals surface area contributed by atoms with E-state index in [0.717, 1.165) is 38.2 Å². The summed E-state index contributed by atoms with van der Waals surface area (Å²) in [7, 11) is 0. The van der Waals surface area contributed by atoms with Gasteiger partial charge in [0.05, 0.1) is 11.3 Å². The second-order valence-corrected chi connectivity index (χ2v) is 5.05. The van der Waals surface area contributed by atoms with Crippen LogP contribution in [0.1, 0.15) is 25.3 Å². The van der Waals surface area contributed by atoms with Gasteiger partial charge in [0.1, 0.15) is 6.07 Å². The molecule has 3 nitrogen and oxygen atoms in total. The first kappa shape index (κ1) is 13.2. The van der Waals surface area contributed by atoms with E-state index < -0.39 is 0 Å². The molecule has 1 aromatic rings. The van der Waals surface area contributed by atoms with E-state index in [2.05, 4.69) is 23.2 Å². The van der Waals surface area contributed by atoms with Gasteiger partial charge < -0.3 is 10.2 Å². The third-order valence-corrected chi connectivity index (χ3v) is 3.56. The van der Waals surface area contributed by atoms with Crippen molar-refractivity contribution in [1.82, 2.24) is 5.32 Å². The number of nitrogens with one attached hydrogen (secondary N) is 1. The fourth-order valence-corrected chi connectivity index (χ4v) is 2.65. The molecule has 18 heavy (non-hydrogen) atoms. The van der Waals surface area contributed by atoms with E-state index in [9.17, 15) is 5.26 Å². The molecule has 1 N–H and O–H groups in total. The lowest BCUT2D eigenvalue weighted by molar-refractivity contribution is 0.625. The summed E-state index contributed by atoms with van der Waals surface area (Å²) in [5.74, 6) is 0. The van der Waals surface area contributed by atoms with Crippen LogP contribution in [-0.4, -0.2) is 25.7 Å². The summed E-state index contributed by atoms with van der Waals surface area (Å²) in [6, 6.07) is 8.23. The van der Waals surface area contributed by atoms with Crippen molar-refractivity contribution < 1.29 is 0 Å². The predicted molar refractivity (Wildman–Crippen MR) is 75.1 cm³/mol. The van der Waals surface area contributed by atoms with Crippen LogP contribution in [0.3, 0.4) is 0 Å². The molecule has 0 bridgehead atoms. The fraction of sp³-hybridized carbons (Fsp3) is 0.500. The maximum atomic E-state index is 9.23. The largest absolute Gasteiger partial charge is 0.366 e. The van der Waals surface area contributed by atoms with E-state index in [1.165, 1.54) is 0 Å². The molecular formula is C14H18ClN3. The topological polar surface area (TPSA) is 39.1 Å². The lowest BCUT2D eigenvalue weighted by Gasteiger charge is -2.31. The molecule has 1 aliphatic heterocycles. The molecule has 1 heterocycles. The van der Waals surface area contributed by atoms with E-state index >= 15 is 0 Å². The van der Waals surface area contributed by atoms with Gasteiger partial charge in [-0.1, -0.05) is 18.5 Å². The molecule has 1 unspecified atom stereocenters. The standard InChI is InChI=1S/C14H18ClN3/c1-2-7-18(13-5-6-17-10-13)14-8-12(15)4-3-11(14)9-16/h3-4,8,13,17H,2,5-7,10H2,1H3. The molecule has 1 saturated heterocycles. The van der Waals surface area contributed by atoms with Gasteiger partial charge in [0.15, 0.2) is 0 Å². The Kier molecular flexibility index (Phi) is 4.46. The van der Waals surface area contributed by atoms with E-state index in [4.69, 9.17) is 11.6 Å². The second kappa shape index (κ2) is 6.08. The van der Waals surface area contributed by atoms with Gasteiger partial charge in [-0.05, 0) is 37.6 Å². The van der Waals surface area contributed by atoms with Gasteiger partial charge in [-0.2, -0.15) is 5.26 Å². The second-order valence-electron chi connectivity index (χ2n) is 4.61. The van der Waals surface area contributed by atoms with Crippen molar-refractivity contribution in [2.45, 2.75) is 25.8 Å². The zero-order valence-corrected chi connectivity index (χ0v) is 11.4. The normalized spacial score (nSPS) is 18.6. The Hall–Kier alpha value is -1.24. The van der Waals surface area contributed by atoms with Crippen molar-refractivity contribution >= 4 is 17.3 Å². The minimum absolute atomic E-state index is 0.468. The molecule has 0 spiro atoms. The molecule has 0 amide bonds. The number of hydrogen-bond donors (Lipinski definition) is 1. The summed E-state index contributed by atoms with van der Waals surface area (Å²) in [5, 5.41) is 13.3. The number of nitrogens with zero attached hydrogens (tertiary/aromatic N) is 2. The molecule has 1 atom stereocenters. The minimum Gasteiger partial charge on any atom is -0.366 e. The lowest BCUT2D eigenvalue weighted by atomic mass is 10.1. The molecular weight excluding hydrogens is 246 g/mol. The summed E-state index contributed by atoms with van der Waals surface area (Å²) >= 11 is 6.07. The monoisotopic (exact) mass is 263 g/mol. The Balaban J connectivity index is 2.34. The number of nitriles is 1. The molecule has 1 aromatic carbocycles. The van der Waals surface area contributed by atoms with Crippen LogP contribution in [0.2, 0.25) is 5.02 Å². The predicted octanol–water partition coefficient (Wildman–Crippen LogP) is 2.79. The Morgan fingerprint density at radius 1 is 1.56 bits per heavy atom. The molecule has 2 rings (SSSR count). The van der Waals surface area contributed by atoms with Crippen LogP contribution in [0.5, 0.6) is 0 Å². The fourth-order valence-electron chi connectivity index (χ4n) is 2.48. The van der Waals surface area contributed by atoms with Crippen LogP contribution in [0.4, 0.5) is 5.69 Å². The van der Waals surface area contributed by atoms with Crippen LogP contribution in [-0.2, 0) is 0 Å². The number of halogens is 1. The summed E-state index contributed by atoms with van der Waals surface area (Å²) in [5.41, 5.74) is 1.68. The van der Waals surface area contributed by atoms with Crippen LogP contribution in [0, 0.1) is 11.3 Å². The van der Waals surface area contributed by atoms with E-state index in [0.29, 0.717) is 16.6 Å². The van der Waals surface area contributed by atoms with Gasteiger partial charge in [-0.25, -0.2) is 0 Å². The Bertz CT molecular complexity index is 447. The summed E-state index contributed by atoms with van der Waals surface area (Å²) < 4.78 is 0. The Morgan fingerprint density at radius 2 is 2.39 bits per heavy atom. The third-order valence-electron chi connectivity index (χ3n) is 3.33. The van der Waals surface area contributed by atoms with Crippen molar-refractivity contribution in [3.8, 4) is 6.07 Å². The van der Waals surface area contributed by atoms with Crippen molar-refractivity contribution in [2.75, 3.05) is 24.5 Å². The first-order valence-corrected chi connectivity index (χ1v) is 6.81. The minimum atomic E-state index is 0.468. The molecule has 0 radical (unpaired) electrons. The maximum Gasteiger partial charge on any atom is 0.101 e. The van der Waals surface area contributed by atoms with Crippen LogP contribution >= 0.6 is 11.6 Å². The average Bonchev–Trinajstić information content (AvgIpc) is 2.89. The van der Waals surface area contributed by atoms with Gasteiger partial charge >= 0.3 is 0 Å². The van der Waals surface area contributed by atoms with Crippen molar-refractivity contribution in [2.24, 2.45) is 0 Å². The van der Waals surface area contributed by atoms with Crippen molar-refractivity contribution in [3.05, 3.63) is 28.8 Å². The third kappa shape index (κ3) is 2.77. The Morgan fingerprint density at radius 3 is 3.00 bits per heavy atom. The summed E-state index contributed by atoms with van der Waals surface area (Å²) in [6.45, 7) is 5.15. The SMILES string of the molecule is CCCN(c1cc(Cl)ccc1C#N)C1CCNC1. The highest BCUT2D eigenvalue weighted by atomic mass is 35.5. The molecule has 1 aliphatic rings. The number of benzene rings is 1. The smallest absolute Gasteiger partial charge is 0.101 e. The first-order chi connectivity index (χ1) is 8.76. The first-order valence-electron chi connectivity index (χ1n) is 6.43. The highest BCUT2D eigenvalue weighted by molar-refractivity contribution is 6.30. The molecule has 0 aromatic heterocycles. The number of rotatable bonds is 4. The molecule has 0 aliphatic carbocycles. The van der Waals surface area contributed by atoms with Crippen molar-refractivity contribution in [1.29, 1.82) is 5.26 Å². The quantitative estimate of drug-likeness (QED) is 0.908. The van der Waals surface area contributed by atoms with E-state index in [1.807, 2.05) is 12.1 Å². The lowest BCUT2D eigenvalue weighted by Crippen LogP contribution is -2.38. The van der Waals surface area contributed by atoms with Crippen molar-refractivity contribution in [3.63, 3.8) is 0 Å². The summed E-state index contributed by atoms with van der Waals surface area (Å²) in [4.78, 5) is 2.32. The number of anilines is 1. The number of hydrogen-bond acceptors (Lipinski definition) is 3. The average molecular weight is 264 g/mol. The van der Waals surface area contributed by atoms with Gasteiger partial charge in [0.2, 0.25) is 0 Å². The van der Waals surface area contributed by atoms with E-state index in [-0.39, 0.29) is 0 Å². The Labute approximate surface area is 113 Å². The van der Waals surface area contributed by atoms with Gasteiger partial charge in [0.25, 0.3) is 0 Å². The summed E-state index contributed by atoms with van der Waals surface area (Å²) in [6.07, 6.45) is 2.19. The molecule has 0 saturated carbocycles. The molecule has 96 valence electrons. The van der Waals surface area contributed by atoms with Gasteiger partial charge in [-0.3, -0.25) is 0 Å². The zero-order chi connectivity index (χ0) is 13.0. The highest BCUT2D eigenvalue weighted by Crippen LogP contribution is 2.27. The van der Waals surface area contributed by atoms with E-state index in [1.54, 1.807) is 6.07 Å². The van der Waals surface area contributed by atoms with Crippen LogP contribution in [0.25, 0.3) is 0 Å². The van der Waals surface area contributed by atoms with Gasteiger partial charge in [0, 0.05) is 24.2 Å². The molecule has 1 fully saturated rings. The zero-order valence-electron chi connectivity index (χ0n) is 10.6. The van der Waals surface area contributed by atoms with Crippen LogP contribution in [0.15, 0.2) is 18.2 Å². The maximum absolute atomic E-state index is 9.23.